The number of rotatable bonds is 6. The molecule has 0 radical (unpaired) electrons. The van der Waals surface area contributed by atoms with E-state index in [1.807, 2.05) is 19.9 Å². The molecule has 0 atom stereocenters. The first kappa shape index (κ1) is 24.5. The third kappa shape index (κ3) is 4.94. The van der Waals surface area contributed by atoms with Crippen LogP contribution < -0.4 is 10.5 Å². The molecule has 2 saturated heterocycles. The number of hydrogen-bond donors (Lipinski definition) is 0. The largest absolute Gasteiger partial charge is 0.357 e. The van der Waals surface area contributed by atoms with Gasteiger partial charge in [0, 0.05) is 31.7 Å². The zero-order chi connectivity index (χ0) is 23.4. The minimum Gasteiger partial charge on any atom is -0.357 e. The molecular formula is C24H32N4O2S2. The number of thiocarbonyl (C=S) groups is 1. The fraction of sp³-hybridized carbons (Fsp3) is 0.583. The summed E-state index contributed by atoms with van der Waals surface area (Å²) in [5.41, 5.74) is 1.34. The molecule has 0 spiro atoms. The average Bonchev–Trinajstić information content (AvgIpc) is 2.94. The summed E-state index contributed by atoms with van der Waals surface area (Å²) in [7, 11) is 0. The summed E-state index contributed by atoms with van der Waals surface area (Å²) in [4.78, 5) is 30.9. The molecule has 8 heteroatoms. The maximum absolute atomic E-state index is 13.2. The van der Waals surface area contributed by atoms with Gasteiger partial charge in [0.1, 0.15) is 21.8 Å². The lowest BCUT2D eigenvalue weighted by molar-refractivity contribution is -0.122. The highest BCUT2D eigenvalue weighted by Crippen LogP contribution is 2.36. The molecule has 1 aromatic heterocycles. The van der Waals surface area contributed by atoms with Gasteiger partial charge < -0.3 is 4.90 Å². The van der Waals surface area contributed by atoms with E-state index in [4.69, 9.17) is 12.2 Å². The van der Waals surface area contributed by atoms with Crippen molar-refractivity contribution in [2.45, 2.75) is 66.3 Å². The second-order valence-corrected chi connectivity index (χ2v) is 10.6. The Balaban J connectivity index is 2.22. The van der Waals surface area contributed by atoms with Crippen LogP contribution >= 0.6 is 24.0 Å². The predicted octanol–water partition coefficient (Wildman–Crippen LogP) is 4.68. The third-order valence-corrected chi connectivity index (χ3v) is 7.27. The summed E-state index contributed by atoms with van der Waals surface area (Å²) in [6.45, 7) is 10.8. The van der Waals surface area contributed by atoms with Crippen molar-refractivity contribution in [3.8, 4) is 6.07 Å². The van der Waals surface area contributed by atoms with E-state index in [9.17, 15) is 14.9 Å². The summed E-state index contributed by atoms with van der Waals surface area (Å²) < 4.78 is 2.31. The quantitative estimate of drug-likeness (QED) is 0.442. The van der Waals surface area contributed by atoms with Gasteiger partial charge >= 0.3 is 0 Å². The lowest BCUT2D eigenvalue weighted by Crippen LogP contribution is -2.35. The fourth-order valence-corrected chi connectivity index (χ4v) is 5.61. The molecule has 172 valence electrons. The van der Waals surface area contributed by atoms with Crippen LogP contribution in [-0.2, 0) is 11.3 Å². The minimum absolute atomic E-state index is 0.0957. The van der Waals surface area contributed by atoms with E-state index in [0.29, 0.717) is 33.8 Å². The van der Waals surface area contributed by atoms with Gasteiger partial charge in [-0.2, -0.15) is 5.26 Å². The van der Waals surface area contributed by atoms with Crippen molar-refractivity contribution in [2.75, 3.05) is 24.5 Å². The number of amides is 1. The van der Waals surface area contributed by atoms with E-state index in [1.54, 1.807) is 9.47 Å². The third-order valence-electron chi connectivity index (χ3n) is 5.90. The van der Waals surface area contributed by atoms with Crippen molar-refractivity contribution in [2.24, 2.45) is 5.92 Å². The molecule has 0 bridgehead atoms. The molecule has 32 heavy (non-hydrogen) atoms. The van der Waals surface area contributed by atoms with Crippen LogP contribution in [0, 0.1) is 24.2 Å². The molecule has 2 aliphatic heterocycles. The number of anilines is 1. The monoisotopic (exact) mass is 472 g/mol. The van der Waals surface area contributed by atoms with Crippen molar-refractivity contribution in [3.63, 3.8) is 0 Å². The van der Waals surface area contributed by atoms with Crippen LogP contribution in [-0.4, -0.2) is 39.3 Å². The van der Waals surface area contributed by atoms with E-state index in [2.05, 4.69) is 24.8 Å². The number of nitrogens with zero attached hydrogens (tertiary/aromatic N) is 4. The van der Waals surface area contributed by atoms with E-state index < -0.39 is 0 Å². The molecule has 6 nitrogen and oxygen atoms in total. The zero-order valence-electron chi connectivity index (χ0n) is 19.4. The van der Waals surface area contributed by atoms with Gasteiger partial charge in [-0.05, 0) is 43.7 Å². The van der Waals surface area contributed by atoms with Gasteiger partial charge in [-0.25, -0.2) is 0 Å². The SMILES string of the molecule is CCCn1c(N2CCCCCC2)c(/C=C2/SC(=S)N(CC(C)C)C2=O)c(C)c(C#N)c1=O. The fourth-order valence-electron chi connectivity index (χ4n) is 4.35. The number of aromatic nitrogens is 1. The Morgan fingerprint density at radius 2 is 1.84 bits per heavy atom. The Bertz CT molecular complexity index is 1030. The molecule has 2 aliphatic rings. The Morgan fingerprint density at radius 1 is 1.19 bits per heavy atom. The Kier molecular flexibility index (Phi) is 8.18. The molecule has 3 heterocycles. The molecule has 0 N–H and O–H groups in total. The van der Waals surface area contributed by atoms with Crippen LogP contribution in [0.25, 0.3) is 6.08 Å². The van der Waals surface area contributed by atoms with Crippen molar-refractivity contribution < 1.29 is 4.79 Å². The van der Waals surface area contributed by atoms with E-state index >= 15 is 0 Å². The molecule has 1 aromatic rings. The van der Waals surface area contributed by atoms with Gasteiger partial charge in [-0.1, -0.05) is 57.6 Å². The summed E-state index contributed by atoms with van der Waals surface area (Å²) in [6, 6.07) is 2.12. The van der Waals surface area contributed by atoms with Crippen molar-refractivity contribution in [1.29, 1.82) is 5.26 Å². The maximum Gasteiger partial charge on any atom is 0.270 e. The first-order chi connectivity index (χ1) is 15.3. The second kappa shape index (κ2) is 10.7. The van der Waals surface area contributed by atoms with E-state index in [0.717, 1.165) is 43.7 Å². The van der Waals surface area contributed by atoms with Gasteiger partial charge in [0.05, 0.1) is 4.91 Å². The van der Waals surface area contributed by atoms with Gasteiger partial charge in [0.15, 0.2) is 0 Å². The summed E-state index contributed by atoms with van der Waals surface area (Å²) >= 11 is 6.79. The molecule has 0 aliphatic carbocycles. The Labute approximate surface area is 200 Å². The molecule has 3 rings (SSSR count). The van der Waals surface area contributed by atoms with Gasteiger partial charge in [-0.3, -0.25) is 19.1 Å². The highest BCUT2D eigenvalue weighted by atomic mass is 32.2. The second-order valence-electron chi connectivity index (χ2n) is 8.89. The van der Waals surface area contributed by atoms with Gasteiger partial charge in [0.25, 0.3) is 11.5 Å². The van der Waals surface area contributed by atoms with Crippen molar-refractivity contribution >= 4 is 46.1 Å². The Morgan fingerprint density at radius 3 is 2.41 bits per heavy atom. The summed E-state index contributed by atoms with van der Waals surface area (Å²) in [6.07, 6.45) is 7.12. The normalized spacial score (nSPS) is 18.6. The number of hydrogen-bond acceptors (Lipinski definition) is 6. The first-order valence-corrected chi connectivity index (χ1v) is 12.7. The lowest BCUT2D eigenvalue weighted by atomic mass is 10.0. The highest BCUT2D eigenvalue weighted by Gasteiger charge is 2.33. The summed E-state index contributed by atoms with van der Waals surface area (Å²) in [5.74, 6) is 1.05. The standard InChI is InChI=1S/C24H32N4O2S2/c1-5-10-27-21(26-11-8-6-7-9-12-26)18(17(4)19(14-25)22(27)29)13-20-23(30)28(15-16(2)3)24(31)32-20/h13,16H,5-12,15H2,1-4H3/b20-13+. The molecule has 1 amide bonds. The topological polar surface area (TPSA) is 69.3 Å². The van der Waals surface area contributed by atoms with Crippen molar-refractivity contribution in [1.82, 2.24) is 9.47 Å². The van der Waals surface area contributed by atoms with Crippen molar-refractivity contribution in [3.05, 3.63) is 31.9 Å². The smallest absolute Gasteiger partial charge is 0.270 e. The van der Waals surface area contributed by atoms with Crippen LogP contribution in [0.1, 0.15) is 69.6 Å². The molecule has 2 fully saturated rings. The Hall–Kier alpha value is -2.11. The zero-order valence-corrected chi connectivity index (χ0v) is 21.1. The highest BCUT2D eigenvalue weighted by molar-refractivity contribution is 8.26. The number of thioether (sulfide) groups is 1. The first-order valence-electron chi connectivity index (χ1n) is 11.5. The lowest BCUT2D eigenvalue weighted by Gasteiger charge is -2.29. The molecule has 0 saturated carbocycles. The maximum atomic E-state index is 13.2. The molecule has 0 aromatic carbocycles. The van der Waals surface area contributed by atoms with Crippen LogP contribution in [0.2, 0.25) is 0 Å². The minimum atomic E-state index is -0.240. The van der Waals surface area contributed by atoms with Crippen LogP contribution in [0.3, 0.4) is 0 Å². The van der Waals surface area contributed by atoms with Gasteiger partial charge in [-0.15, -0.1) is 0 Å². The molecular weight excluding hydrogens is 440 g/mol. The van der Waals surface area contributed by atoms with Crippen LogP contribution in [0.4, 0.5) is 5.82 Å². The molecule has 0 unspecified atom stereocenters. The van der Waals surface area contributed by atoms with Crippen LogP contribution in [0.15, 0.2) is 9.70 Å². The summed E-state index contributed by atoms with van der Waals surface area (Å²) in [5, 5.41) is 9.76. The number of carbonyl (C=O) groups excluding carboxylic acids is 1. The number of carbonyl (C=O) groups is 1. The van der Waals surface area contributed by atoms with E-state index in [1.165, 1.54) is 24.6 Å². The predicted molar refractivity (Wildman–Crippen MR) is 136 cm³/mol. The number of pyridine rings is 1. The van der Waals surface area contributed by atoms with E-state index in [-0.39, 0.29) is 17.0 Å². The number of nitriles is 1. The average molecular weight is 473 g/mol. The van der Waals surface area contributed by atoms with Crippen LogP contribution in [0.5, 0.6) is 0 Å². The van der Waals surface area contributed by atoms with Gasteiger partial charge in [0.2, 0.25) is 0 Å².